The van der Waals surface area contributed by atoms with Gasteiger partial charge in [-0.15, -0.1) is 0 Å². The number of hydrogen-bond donors (Lipinski definition) is 1. The molecule has 4 nitrogen and oxygen atoms in total. The number of amides is 1. The normalized spacial score (nSPS) is 17.3. The Bertz CT molecular complexity index is 384. The van der Waals surface area contributed by atoms with Crippen LogP contribution < -0.4 is 5.73 Å². The minimum absolute atomic E-state index is 0.0131. The van der Waals surface area contributed by atoms with Crippen LogP contribution >= 0.6 is 0 Å². The molecule has 2 rings (SSSR count). The van der Waals surface area contributed by atoms with E-state index in [0.717, 1.165) is 25.9 Å². The highest BCUT2D eigenvalue weighted by Gasteiger charge is 2.17. The zero-order chi connectivity index (χ0) is 12.1. The second-order valence-corrected chi connectivity index (χ2v) is 4.53. The Kier molecular flexibility index (Phi) is 3.96. The first-order chi connectivity index (χ1) is 8.27. The molecule has 0 aliphatic carbocycles. The molecule has 0 bridgehead atoms. The van der Waals surface area contributed by atoms with Crippen LogP contribution in [0.25, 0.3) is 0 Å². The lowest BCUT2D eigenvalue weighted by atomic mass is 10.1. The summed E-state index contributed by atoms with van der Waals surface area (Å²) in [6, 6.07) is 3.35. The van der Waals surface area contributed by atoms with Crippen molar-refractivity contribution in [2.24, 2.45) is 0 Å². The molecule has 1 aliphatic rings. The molecule has 0 saturated carbocycles. The Morgan fingerprint density at radius 3 is 2.47 bits per heavy atom. The summed E-state index contributed by atoms with van der Waals surface area (Å²) in [5, 5.41) is 0. The highest BCUT2D eigenvalue weighted by atomic mass is 16.2. The Balaban J connectivity index is 2.07. The van der Waals surface area contributed by atoms with Crippen LogP contribution in [0.15, 0.2) is 18.3 Å². The molecule has 4 heteroatoms. The van der Waals surface area contributed by atoms with E-state index in [4.69, 9.17) is 5.73 Å². The van der Waals surface area contributed by atoms with Crippen molar-refractivity contribution in [3.8, 4) is 0 Å². The molecule has 1 aromatic heterocycles. The summed E-state index contributed by atoms with van der Waals surface area (Å²) in [4.78, 5) is 18.2. The predicted octanol–water partition coefficient (Wildman–Crippen LogP) is 2.07. The maximum absolute atomic E-state index is 12.2. The van der Waals surface area contributed by atoms with Crippen LogP contribution in [0.3, 0.4) is 0 Å². The number of carbonyl (C=O) groups is 1. The lowest BCUT2D eigenvalue weighted by Gasteiger charge is -2.24. The van der Waals surface area contributed by atoms with Gasteiger partial charge in [0.25, 0.3) is 5.91 Å². The molecule has 0 aromatic carbocycles. The number of nitrogens with two attached hydrogens (primary N) is 1. The lowest BCUT2D eigenvalue weighted by Crippen LogP contribution is -2.34. The van der Waals surface area contributed by atoms with Crippen LogP contribution in [0.2, 0.25) is 0 Å². The first-order valence-electron chi connectivity index (χ1n) is 6.28. The van der Waals surface area contributed by atoms with Crippen molar-refractivity contribution in [3.63, 3.8) is 0 Å². The fraction of sp³-hybridized carbons (Fsp3) is 0.538. The second kappa shape index (κ2) is 5.66. The monoisotopic (exact) mass is 233 g/mol. The van der Waals surface area contributed by atoms with Crippen molar-refractivity contribution in [2.45, 2.75) is 32.1 Å². The van der Waals surface area contributed by atoms with Crippen molar-refractivity contribution in [1.29, 1.82) is 0 Å². The van der Waals surface area contributed by atoms with Crippen LogP contribution in [0.4, 0.5) is 5.69 Å². The van der Waals surface area contributed by atoms with E-state index in [-0.39, 0.29) is 5.91 Å². The van der Waals surface area contributed by atoms with Crippen LogP contribution in [-0.2, 0) is 0 Å². The minimum atomic E-state index is 0.0131. The van der Waals surface area contributed by atoms with Crippen molar-refractivity contribution in [1.82, 2.24) is 9.88 Å². The molecule has 2 N–H and O–H groups in total. The summed E-state index contributed by atoms with van der Waals surface area (Å²) in [5.74, 6) is 0.0131. The summed E-state index contributed by atoms with van der Waals surface area (Å²) in [7, 11) is 0. The van der Waals surface area contributed by atoms with Gasteiger partial charge in [-0.25, -0.2) is 0 Å². The van der Waals surface area contributed by atoms with Crippen molar-refractivity contribution in [3.05, 3.63) is 24.0 Å². The number of carbonyl (C=O) groups excluding carboxylic acids is 1. The third-order valence-corrected chi connectivity index (χ3v) is 3.15. The zero-order valence-electron chi connectivity index (χ0n) is 10.1. The number of anilines is 1. The fourth-order valence-electron chi connectivity index (χ4n) is 2.18. The Labute approximate surface area is 102 Å². The minimum Gasteiger partial charge on any atom is -0.399 e. The molecule has 92 valence electrons. The third kappa shape index (κ3) is 3.19. The van der Waals surface area contributed by atoms with E-state index in [1.807, 2.05) is 4.90 Å². The van der Waals surface area contributed by atoms with Crippen molar-refractivity contribution >= 4 is 11.6 Å². The molecule has 17 heavy (non-hydrogen) atoms. The number of rotatable bonds is 1. The van der Waals surface area contributed by atoms with Gasteiger partial charge in [0.1, 0.15) is 5.69 Å². The second-order valence-electron chi connectivity index (χ2n) is 4.53. The Morgan fingerprint density at radius 1 is 1.18 bits per heavy atom. The topological polar surface area (TPSA) is 59.2 Å². The molecular formula is C13H19N3O. The van der Waals surface area contributed by atoms with Gasteiger partial charge in [-0.1, -0.05) is 19.3 Å². The zero-order valence-corrected chi connectivity index (χ0v) is 10.1. The summed E-state index contributed by atoms with van der Waals surface area (Å²) in [6.07, 6.45) is 7.50. The summed E-state index contributed by atoms with van der Waals surface area (Å²) in [5.41, 5.74) is 6.73. The van der Waals surface area contributed by atoms with Gasteiger partial charge in [0.05, 0.1) is 0 Å². The maximum Gasteiger partial charge on any atom is 0.272 e. The molecule has 1 fully saturated rings. The molecule has 0 unspecified atom stereocenters. The van der Waals surface area contributed by atoms with Crippen LogP contribution in [0, 0.1) is 0 Å². The lowest BCUT2D eigenvalue weighted by molar-refractivity contribution is 0.0736. The van der Waals surface area contributed by atoms with Gasteiger partial charge in [-0.05, 0) is 25.0 Å². The van der Waals surface area contributed by atoms with E-state index >= 15 is 0 Å². The largest absolute Gasteiger partial charge is 0.399 e. The fourth-order valence-corrected chi connectivity index (χ4v) is 2.18. The number of nitrogen functional groups attached to an aromatic ring is 1. The highest BCUT2D eigenvalue weighted by Crippen LogP contribution is 2.13. The van der Waals surface area contributed by atoms with E-state index in [1.54, 1.807) is 18.3 Å². The van der Waals surface area contributed by atoms with Crippen LogP contribution in [-0.4, -0.2) is 28.9 Å². The molecular weight excluding hydrogens is 214 g/mol. The van der Waals surface area contributed by atoms with Gasteiger partial charge in [-0.2, -0.15) is 0 Å². The van der Waals surface area contributed by atoms with Gasteiger partial charge in [0, 0.05) is 25.0 Å². The average Bonchev–Trinajstić information content (AvgIpc) is 2.28. The molecule has 0 spiro atoms. The average molecular weight is 233 g/mol. The number of aromatic nitrogens is 1. The summed E-state index contributed by atoms with van der Waals surface area (Å²) >= 11 is 0. The number of nitrogens with zero attached hydrogens (tertiary/aromatic N) is 2. The molecule has 0 atom stereocenters. The van der Waals surface area contributed by atoms with Gasteiger partial charge >= 0.3 is 0 Å². The maximum atomic E-state index is 12.2. The van der Waals surface area contributed by atoms with E-state index < -0.39 is 0 Å². The number of likely N-dealkylation sites (tertiary alicyclic amines) is 1. The van der Waals surface area contributed by atoms with Gasteiger partial charge in [0.15, 0.2) is 0 Å². The molecule has 2 heterocycles. The smallest absolute Gasteiger partial charge is 0.272 e. The van der Waals surface area contributed by atoms with Crippen molar-refractivity contribution in [2.75, 3.05) is 18.8 Å². The van der Waals surface area contributed by atoms with E-state index in [9.17, 15) is 4.79 Å². The third-order valence-electron chi connectivity index (χ3n) is 3.15. The van der Waals surface area contributed by atoms with E-state index in [0.29, 0.717) is 11.4 Å². The standard InChI is InChI=1S/C13H19N3O/c14-11-6-7-15-12(10-11)13(17)16-8-4-2-1-3-5-9-16/h6-7,10H,1-5,8-9H2,(H2,14,15). The van der Waals surface area contributed by atoms with E-state index in [1.165, 1.54) is 19.3 Å². The number of hydrogen-bond acceptors (Lipinski definition) is 3. The molecule has 1 aromatic rings. The molecule has 1 saturated heterocycles. The molecule has 1 amide bonds. The Hall–Kier alpha value is -1.58. The highest BCUT2D eigenvalue weighted by molar-refractivity contribution is 5.93. The van der Waals surface area contributed by atoms with Crippen LogP contribution in [0.5, 0.6) is 0 Å². The van der Waals surface area contributed by atoms with Crippen molar-refractivity contribution < 1.29 is 4.79 Å². The first-order valence-corrected chi connectivity index (χ1v) is 6.28. The first kappa shape index (κ1) is 11.9. The van der Waals surface area contributed by atoms with Gasteiger partial charge in [-0.3, -0.25) is 9.78 Å². The van der Waals surface area contributed by atoms with Gasteiger partial charge in [0.2, 0.25) is 0 Å². The quantitative estimate of drug-likeness (QED) is 0.807. The SMILES string of the molecule is Nc1ccnc(C(=O)N2CCCCCCC2)c1. The Morgan fingerprint density at radius 2 is 1.82 bits per heavy atom. The summed E-state index contributed by atoms with van der Waals surface area (Å²) in [6.45, 7) is 1.69. The summed E-state index contributed by atoms with van der Waals surface area (Å²) < 4.78 is 0. The predicted molar refractivity (Wildman–Crippen MR) is 67.6 cm³/mol. The van der Waals surface area contributed by atoms with Gasteiger partial charge < -0.3 is 10.6 Å². The molecule has 0 radical (unpaired) electrons. The number of pyridine rings is 1. The van der Waals surface area contributed by atoms with Crippen LogP contribution in [0.1, 0.15) is 42.6 Å². The van der Waals surface area contributed by atoms with E-state index in [2.05, 4.69) is 4.98 Å². The molecule has 1 aliphatic heterocycles.